The van der Waals surface area contributed by atoms with Crippen molar-refractivity contribution in [3.8, 4) is 0 Å². The van der Waals surface area contributed by atoms with E-state index in [0.29, 0.717) is 11.4 Å². The van der Waals surface area contributed by atoms with Crippen molar-refractivity contribution in [1.82, 2.24) is 4.72 Å². The number of carbonyl (C=O) groups excluding carboxylic acids is 2. The molecule has 0 aliphatic heterocycles. The molecule has 0 aliphatic carbocycles. The largest absolute Gasteiger partial charge is 0.468 e. The molecule has 3 rings (SSSR count). The summed E-state index contributed by atoms with van der Waals surface area (Å²) in [7, 11) is -3.79. The zero-order chi connectivity index (χ0) is 24.2. The Morgan fingerprint density at radius 1 is 1.03 bits per heavy atom. The fourth-order valence-corrected chi connectivity index (χ4v) is 4.31. The quantitative estimate of drug-likeness (QED) is 0.483. The summed E-state index contributed by atoms with van der Waals surface area (Å²) in [6, 6.07) is 12.5. The van der Waals surface area contributed by atoms with Crippen LogP contribution in [-0.4, -0.2) is 26.4 Å². The molecular weight excluding hydrogens is 444 g/mol. The molecule has 8 nitrogen and oxygen atoms in total. The summed E-state index contributed by atoms with van der Waals surface area (Å²) in [5.74, 6) is -0.718. The van der Waals surface area contributed by atoms with Crippen molar-refractivity contribution in [2.24, 2.45) is 0 Å². The molecule has 9 heteroatoms. The highest BCUT2D eigenvalue weighted by molar-refractivity contribution is 7.89. The van der Waals surface area contributed by atoms with Crippen molar-refractivity contribution in [3.63, 3.8) is 0 Å². The highest BCUT2D eigenvalue weighted by Crippen LogP contribution is 2.22. The van der Waals surface area contributed by atoms with Gasteiger partial charge in [0.1, 0.15) is 5.76 Å². The second kappa shape index (κ2) is 10.0. The first-order valence-electron chi connectivity index (χ1n) is 10.3. The van der Waals surface area contributed by atoms with E-state index in [2.05, 4.69) is 10.0 Å². The Balaban J connectivity index is 1.61. The van der Waals surface area contributed by atoms with E-state index < -0.39 is 28.0 Å². The summed E-state index contributed by atoms with van der Waals surface area (Å²) >= 11 is 0. The number of rotatable bonds is 8. The van der Waals surface area contributed by atoms with E-state index in [1.807, 2.05) is 32.9 Å². The van der Waals surface area contributed by atoms with E-state index in [1.54, 1.807) is 12.1 Å². The SMILES string of the molecule is Cc1cc(C)c(NC(=O)[C@@H](C)OC(=O)c2ccc(S(=O)(=O)NCc3ccco3)cc2)c(C)c1. The van der Waals surface area contributed by atoms with Crippen molar-refractivity contribution < 1.29 is 27.2 Å². The van der Waals surface area contributed by atoms with Gasteiger partial charge < -0.3 is 14.5 Å². The Morgan fingerprint density at radius 2 is 1.67 bits per heavy atom. The van der Waals surface area contributed by atoms with Crippen molar-refractivity contribution >= 4 is 27.6 Å². The van der Waals surface area contributed by atoms with Crippen molar-refractivity contribution in [1.29, 1.82) is 0 Å². The van der Waals surface area contributed by atoms with Crippen LogP contribution in [0.4, 0.5) is 5.69 Å². The summed E-state index contributed by atoms with van der Waals surface area (Å²) in [6.45, 7) is 7.24. The predicted molar refractivity (Wildman–Crippen MR) is 123 cm³/mol. The van der Waals surface area contributed by atoms with Gasteiger partial charge in [0.25, 0.3) is 5.91 Å². The number of anilines is 1. The number of benzene rings is 2. The van der Waals surface area contributed by atoms with Crippen LogP contribution in [-0.2, 0) is 26.1 Å². The van der Waals surface area contributed by atoms with Crippen LogP contribution in [0.15, 0.2) is 64.1 Å². The van der Waals surface area contributed by atoms with Crippen LogP contribution in [0.25, 0.3) is 0 Å². The fourth-order valence-electron chi connectivity index (χ4n) is 3.32. The average Bonchev–Trinajstić information content (AvgIpc) is 3.28. The minimum Gasteiger partial charge on any atom is -0.468 e. The molecule has 0 aliphatic rings. The van der Waals surface area contributed by atoms with Crippen LogP contribution < -0.4 is 10.0 Å². The summed E-state index contributed by atoms with van der Waals surface area (Å²) in [5, 5.41) is 2.81. The summed E-state index contributed by atoms with van der Waals surface area (Å²) in [4.78, 5) is 25.0. The molecule has 0 saturated heterocycles. The molecule has 0 bridgehead atoms. The van der Waals surface area contributed by atoms with E-state index >= 15 is 0 Å². The Kier molecular flexibility index (Phi) is 7.35. The van der Waals surface area contributed by atoms with Crippen LogP contribution in [0.2, 0.25) is 0 Å². The first-order chi connectivity index (χ1) is 15.6. The maximum Gasteiger partial charge on any atom is 0.338 e. The number of nitrogens with one attached hydrogen (secondary N) is 2. The van der Waals surface area contributed by atoms with E-state index in [-0.39, 0.29) is 17.0 Å². The monoisotopic (exact) mass is 470 g/mol. The van der Waals surface area contributed by atoms with Crippen molar-refractivity contribution in [2.45, 2.75) is 45.2 Å². The van der Waals surface area contributed by atoms with Crippen LogP contribution in [0.3, 0.4) is 0 Å². The number of ether oxygens (including phenoxy) is 1. The molecule has 174 valence electrons. The minimum atomic E-state index is -3.79. The third-order valence-corrected chi connectivity index (χ3v) is 6.41. The summed E-state index contributed by atoms with van der Waals surface area (Å²) in [5.41, 5.74) is 3.73. The van der Waals surface area contributed by atoms with Gasteiger partial charge in [0.15, 0.2) is 6.10 Å². The van der Waals surface area contributed by atoms with Gasteiger partial charge in [-0.3, -0.25) is 4.79 Å². The van der Waals surface area contributed by atoms with Crippen molar-refractivity contribution in [2.75, 3.05) is 5.32 Å². The average molecular weight is 471 g/mol. The number of amides is 1. The van der Waals surface area contributed by atoms with Gasteiger partial charge in [-0.2, -0.15) is 0 Å². The van der Waals surface area contributed by atoms with Crippen LogP contribution >= 0.6 is 0 Å². The van der Waals surface area contributed by atoms with Gasteiger partial charge in [0.2, 0.25) is 10.0 Å². The maximum absolute atomic E-state index is 12.5. The lowest BCUT2D eigenvalue weighted by atomic mass is 10.0. The smallest absolute Gasteiger partial charge is 0.338 e. The molecule has 1 atom stereocenters. The summed E-state index contributed by atoms with van der Waals surface area (Å²) < 4.78 is 37.6. The summed E-state index contributed by atoms with van der Waals surface area (Å²) in [6.07, 6.45) is 0.407. The predicted octanol–water partition coefficient (Wildman–Crippen LogP) is 3.87. The number of aryl methyl sites for hydroxylation is 3. The molecule has 2 aromatic carbocycles. The normalized spacial score (nSPS) is 12.2. The molecule has 1 aromatic heterocycles. The Morgan fingerprint density at radius 3 is 2.24 bits per heavy atom. The highest BCUT2D eigenvalue weighted by atomic mass is 32.2. The molecule has 0 unspecified atom stereocenters. The lowest BCUT2D eigenvalue weighted by molar-refractivity contribution is -0.123. The fraction of sp³-hybridized carbons (Fsp3) is 0.250. The molecule has 0 radical (unpaired) electrons. The number of hydrogen-bond donors (Lipinski definition) is 2. The van der Waals surface area contributed by atoms with E-state index in [0.717, 1.165) is 16.7 Å². The van der Waals surface area contributed by atoms with Gasteiger partial charge in [-0.15, -0.1) is 0 Å². The molecule has 1 amide bonds. The van der Waals surface area contributed by atoms with Crippen LogP contribution in [0, 0.1) is 20.8 Å². The minimum absolute atomic E-state index is 0.00564. The van der Waals surface area contributed by atoms with Crippen LogP contribution in [0.1, 0.15) is 39.7 Å². The number of furan rings is 1. The third kappa shape index (κ3) is 6.09. The molecule has 0 saturated carbocycles. The third-order valence-electron chi connectivity index (χ3n) is 5.00. The van der Waals surface area contributed by atoms with Gasteiger partial charge in [-0.05, 0) is 75.2 Å². The molecule has 0 fully saturated rings. The number of carbonyl (C=O) groups is 2. The van der Waals surface area contributed by atoms with Gasteiger partial charge in [0.05, 0.1) is 23.3 Å². The molecule has 0 spiro atoms. The molecular formula is C24H26N2O6S. The Hall–Kier alpha value is -3.43. The highest BCUT2D eigenvalue weighted by Gasteiger charge is 2.21. The van der Waals surface area contributed by atoms with E-state index in [1.165, 1.54) is 37.5 Å². The first kappa shape index (κ1) is 24.2. The first-order valence-corrected chi connectivity index (χ1v) is 11.8. The van der Waals surface area contributed by atoms with Gasteiger partial charge >= 0.3 is 5.97 Å². The number of hydrogen-bond acceptors (Lipinski definition) is 6. The van der Waals surface area contributed by atoms with E-state index in [4.69, 9.17) is 9.15 Å². The zero-order valence-electron chi connectivity index (χ0n) is 18.8. The topological polar surface area (TPSA) is 115 Å². The van der Waals surface area contributed by atoms with E-state index in [9.17, 15) is 18.0 Å². The lowest BCUT2D eigenvalue weighted by Gasteiger charge is -2.17. The van der Waals surface area contributed by atoms with Gasteiger partial charge in [-0.25, -0.2) is 17.9 Å². The number of esters is 1. The maximum atomic E-state index is 12.5. The van der Waals surface area contributed by atoms with Gasteiger partial charge in [0, 0.05) is 5.69 Å². The zero-order valence-corrected chi connectivity index (χ0v) is 19.7. The lowest BCUT2D eigenvalue weighted by Crippen LogP contribution is -2.30. The Bertz CT molecular complexity index is 1230. The van der Waals surface area contributed by atoms with Gasteiger partial charge in [-0.1, -0.05) is 17.7 Å². The second-order valence-corrected chi connectivity index (χ2v) is 9.51. The van der Waals surface area contributed by atoms with Crippen LogP contribution in [0.5, 0.6) is 0 Å². The molecule has 3 aromatic rings. The standard InChI is InChI=1S/C24H26N2O6S/c1-15-12-16(2)22(17(3)13-15)26-23(27)18(4)32-24(28)19-7-9-21(10-8-19)33(29,30)25-14-20-6-5-11-31-20/h5-13,18,25H,14H2,1-4H3,(H,26,27)/t18-/m1/s1. The molecule has 1 heterocycles. The molecule has 33 heavy (non-hydrogen) atoms. The number of sulfonamides is 1. The second-order valence-electron chi connectivity index (χ2n) is 7.74. The van der Waals surface area contributed by atoms with Crippen molar-refractivity contribution in [3.05, 3.63) is 82.8 Å². The Labute approximate surface area is 193 Å². The molecule has 2 N–H and O–H groups in total.